The van der Waals surface area contributed by atoms with Crippen LogP contribution in [0.25, 0.3) is 0 Å². The SMILES string of the molecule is O=C(NCC(O)(c1ccccc1)c1cc(C2CC2)[nH]n1)c1ccccc1O. The molecular formula is C21H21N3O3. The third kappa shape index (κ3) is 3.44. The number of aromatic hydroxyl groups is 1. The summed E-state index contributed by atoms with van der Waals surface area (Å²) >= 11 is 0. The number of rotatable bonds is 6. The van der Waals surface area contributed by atoms with Crippen molar-refractivity contribution in [3.05, 3.63) is 83.2 Å². The molecule has 3 aromatic rings. The predicted molar refractivity (Wildman–Crippen MR) is 100 cm³/mol. The van der Waals surface area contributed by atoms with Gasteiger partial charge >= 0.3 is 0 Å². The van der Waals surface area contributed by atoms with Crippen LogP contribution >= 0.6 is 0 Å². The number of para-hydroxylation sites is 1. The fourth-order valence-electron chi connectivity index (χ4n) is 3.18. The van der Waals surface area contributed by atoms with Crippen molar-refractivity contribution < 1.29 is 15.0 Å². The Hall–Kier alpha value is -3.12. The number of aromatic amines is 1. The van der Waals surface area contributed by atoms with Gasteiger partial charge in [0.1, 0.15) is 11.4 Å². The molecule has 1 aliphatic carbocycles. The van der Waals surface area contributed by atoms with Crippen molar-refractivity contribution in [2.24, 2.45) is 0 Å². The molecule has 1 atom stereocenters. The van der Waals surface area contributed by atoms with Gasteiger partial charge in [0, 0.05) is 11.6 Å². The van der Waals surface area contributed by atoms with Crippen LogP contribution in [0, 0.1) is 0 Å². The van der Waals surface area contributed by atoms with E-state index in [2.05, 4.69) is 15.5 Å². The molecule has 1 amide bonds. The number of amides is 1. The number of aliphatic hydroxyl groups is 1. The standard InChI is InChI=1S/C21H21N3O3/c25-18-9-5-4-8-16(18)20(26)22-13-21(27,15-6-2-1-3-7-15)19-12-17(23-24-19)14-10-11-14/h1-9,12,14,25,27H,10-11,13H2,(H,22,26)(H,23,24). The van der Waals surface area contributed by atoms with E-state index in [0.717, 1.165) is 18.5 Å². The first kappa shape index (κ1) is 17.3. The molecule has 1 heterocycles. The van der Waals surface area contributed by atoms with E-state index in [9.17, 15) is 15.0 Å². The molecule has 0 bridgehead atoms. The summed E-state index contributed by atoms with van der Waals surface area (Å²) in [5.41, 5.74) is 0.787. The van der Waals surface area contributed by atoms with E-state index in [4.69, 9.17) is 0 Å². The van der Waals surface area contributed by atoms with Gasteiger partial charge in [-0.05, 0) is 36.6 Å². The fourth-order valence-corrected chi connectivity index (χ4v) is 3.18. The first-order valence-electron chi connectivity index (χ1n) is 8.98. The van der Waals surface area contributed by atoms with Crippen LogP contribution < -0.4 is 5.32 Å². The summed E-state index contributed by atoms with van der Waals surface area (Å²) < 4.78 is 0. The van der Waals surface area contributed by atoms with Gasteiger partial charge in [0.25, 0.3) is 5.91 Å². The van der Waals surface area contributed by atoms with Crippen molar-refractivity contribution in [3.63, 3.8) is 0 Å². The summed E-state index contributed by atoms with van der Waals surface area (Å²) in [5.74, 6) is -0.0865. The van der Waals surface area contributed by atoms with Crippen LogP contribution in [0.1, 0.15) is 46.1 Å². The topological polar surface area (TPSA) is 98.2 Å². The van der Waals surface area contributed by atoms with E-state index < -0.39 is 11.5 Å². The summed E-state index contributed by atoms with van der Waals surface area (Å²) in [4.78, 5) is 12.5. The molecule has 1 aromatic heterocycles. The minimum Gasteiger partial charge on any atom is -0.507 e. The Kier molecular flexibility index (Phi) is 4.41. The highest BCUT2D eigenvalue weighted by molar-refractivity contribution is 5.96. The lowest BCUT2D eigenvalue weighted by atomic mass is 9.89. The quantitative estimate of drug-likeness (QED) is 0.541. The molecule has 4 rings (SSSR count). The maximum absolute atomic E-state index is 12.5. The number of carbonyl (C=O) groups excluding carboxylic acids is 1. The molecule has 138 valence electrons. The van der Waals surface area contributed by atoms with Gasteiger partial charge in [-0.15, -0.1) is 0 Å². The summed E-state index contributed by atoms with van der Waals surface area (Å²) in [6.45, 7) is -0.0703. The maximum Gasteiger partial charge on any atom is 0.255 e. The van der Waals surface area contributed by atoms with Crippen LogP contribution in [0.3, 0.4) is 0 Å². The summed E-state index contributed by atoms with van der Waals surface area (Å²) in [5, 5.41) is 31.4. The lowest BCUT2D eigenvalue weighted by molar-refractivity contribution is 0.0665. The van der Waals surface area contributed by atoms with Crippen molar-refractivity contribution in [1.82, 2.24) is 15.5 Å². The number of hydrogen-bond acceptors (Lipinski definition) is 4. The molecule has 6 nitrogen and oxygen atoms in total. The molecule has 0 aliphatic heterocycles. The molecule has 6 heteroatoms. The number of phenolic OH excluding ortho intramolecular Hbond substituents is 1. The molecule has 27 heavy (non-hydrogen) atoms. The maximum atomic E-state index is 12.5. The Bertz CT molecular complexity index is 950. The largest absolute Gasteiger partial charge is 0.507 e. The second-order valence-electron chi connectivity index (χ2n) is 6.91. The lowest BCUT2D eigenvalue weighted by Crippen LogP contribution is -2.42. The molecule has 0 saturated heterocycles. The average molecular weight is 363 g/mol. The Balaban J connectivity index is 1.62. The predicted octanol–water partition coefficient (Wildman–Crippen LogP) is 2.66. The minimum absolute atomic E-state index is 0.0703. The molecule has 2 aromatic carbocycles. The average Bonchev–Trinajstić information content (AvgIpc) is 3.43. The minimum atomic E-state index is -1.48. The molecule has 1 aliphatic rings. The van der Waals surface area contributed by atoms with E-state index in [1.54, 1.807) is 24.3 Å². The number of nitrogens with zero attached hydrogens (tertiary/aromatic N) is 1. The third-order valence-corrected chi connectivity index (χ3v) is 4.94. The number of hydrogen-bond donors (Lipinski definition) is 4. The van der Waals surface area contributed by atoms with Crippen molar-refractivity contribution in [2.45, 2.75) is 24.4 Å². The highest BCUT2D eigenvalue weighted by Gasteiger charge is 2.36. The van der Waals surface area contributed by atoms with E-state index in [0.29, 0.717) is 17.2 Å². The Labute approximate surface area is 156 Å². The van der Waals surface area contributed by atoms with Crippen LogP contribution in [0.2, 0.25) is 0 Å². The van der Waals surface area contributed by atoms with Crippen molar-refractivity contribution >= 4 is 5.91 Å². The van der Waals surface area contributed by atoms with Crippen molar-refractivity contribution in [2.75, 3.05) is 6.54 Å². The highest BCUT2D eigenvalue weighted by Crippen LogP contribution is 2.40. The normalized spacial score (nSPS) is 15.9. The summed E-state index contributed by atoms with van der Waals surface area (Å²) in [7, 11) is 0. The van der Waals surface area contributed by atoms with E-state index in [1.807, 2.05) is 24.3 Å². The Morgan fingerprint density at radius 2 is 1.85 bits per heavy atom. The fraction of sp³-hybridized carbons (Fsp3) is 0.238. The van der Waals surface area contributed by atoms with Crippen LogP contribution in [-0.4, -0.2) is 32.9 Å². The summed E-state index contributed by atoms with van der Waals surface area (Å²) in [6.07, 6.45) is 2.24. The van der Waals surface area contributed by atoms with Crippen LogP contribution in [0.5, 0.6) is 5.75 Å². The molecular weight excluding hydrogens is 342 g/mol. The number of H-pyrrole nitrogens is 1. The second kappa shape index (κ2) is 6.89. The van der Waals surface area contributed by atoms with Crippen LogP contribution in [0.15, 0.2) is 60.7 Å². The number of phenols is 1. The number of aromatic nitrogens is 2. The molecule has 0 radical (unpaired) electrons. The van der Waals surface area contributed by atoms with Gasteiger partial charge in [-0.1, -0.05) is 42.5 Å². The zero-order valence-electron chi connectivity index (χ0n) is 14.7. The van der Waals surface area contributed by atoms with Crippen LogP contribution in [-0.2, 0) is 5.60 Å². The van der Waals surface area contributed by atoms with E-state index in [1.165, 1.54) is 12.1 Å². The summed E-state index contributed by atoms with van der Waals surface area (Å²) in [6, 6.07) is 17.3. The number of nitrogens with one attached hydrogen (secondary N) is 2. The first-order valence-corrected chi connectivity index (χ1v) is 8.98. The van der Waals surface area contributed by atoms with Gasteiger partial charge in [-0.3, -0.25) is 9.89 Å². The second-order valence-corrected chi connectivity index (χ2v) is 6.91. The first-order chi connectivity index (χ1) is 13.1. The van der Waals surface area contributed by atoms with Gasteiger partial charge < -0.3 is 15.5 Å². The van der Waals surface area contributed by atoms with Gasteiger partial charge in [0.05, 0.1) is 12.1 Å². The number of benzene rings is 2. The van der Waals surface area contributed by atoms with Gasteiger partial charge in [-0.25, -0.2) is 0 Å². The van der Waals surface area contributed by atoms with Gasteiger partial charge in [0.15, 0.2) is 5.60 Å². The monoisotopic (exact) mass is 363 g/mol. The third-order valence-electron chi connectivity index (χ3n) is 4.94. The van der Waals surface area contributed by atoms with Crippen molar-refractivity contribution in [3.8, 4) is 5.75 Å². The van der Waals surface area contributed by atoms with Gasteiger partial charge in [-0.2, -0.15) is 5.10 Å². The van der Waals surface area contributed by atoms with Crippen molar-refractivity contribution in [1.29, 1.82) is 0 Å². The van der Waals surface area contributed by atoms with E-state index >= 15 is 0 Å². The molecule has 1 fully saturated rings. The molecule has 1 unspecified atom stereocenters. The molecule has 1 saturated carbocycles. The number of carbonyl (C=O) groups is 1. The van der Waals surface area contributed by atoms with Gasteiger partial charge in [0.2, 0.25) is 0 Å². The molecule has 0 spiro atoms. The highest BCUT2D eigenvalue weighted by atomic mass is 16.3. The van der Waals surface area contributed by atoms with Crippen LogP contribution in [0.4, 0.5) is 0 Å². The smallest absolute Gasteiger partial charge is 0.255 e. The Morgan fingerprint density at radius 1 is 1.15 bits per heavy atom. The zero-order chi connectivity index (χ0) is 18.9. The zero-order valence-corrected chi connectivity index (χ0v) is 14.7. The van der Waals surface area contributed by atoms with E-state index in [-0.39, 0.29) is 17.9 Å². The molecule has 4 N–H and O–H groups in total. The lowest BCUT2D eigenvalue weighted by Gasteiger charge is -2.27. The Morgan fingerprint density at radius 3 is 2.56 bits per heavy atom.